The summed E-state index contributed by atoms with van der Waals surface area (Å²) in [6.45, 7) is 0. The van der Waals surface area contributed by atoms with Gasteiger partial charge >= 0.3 is 0 Å². The van der Waals surface area contributed by atoms with Gasteiger partial charge in [0.25, 0.3) is 11.7 Å². The van der Waals surface area contributed by atoms with Crippen LogP contribution in [0, 0.1) is 0 Å². The molecule has 0 bridgehead atoms. The number of anilines is 1. The van der Waals surface area contributed by atoms with Crippen molar-refractivity contribution >= 4 is 46.3 Å². The summed E-state index contributed by atoms with van der Waals surface area (Å²) in [7, 11) is 1.54. The summed E-state index contributed by atoms with van der Waals surface area (Å²) in [5, 5.41) is 11.6. The lowest BCUT2D eigenvalue weighted by Crippen LogP contribution is -2.29. The van der Waals surface area contributed by atoms with Crippen LogP contribution in [0.3, 0.4) is 0 Å². The molecule has 0 radical (unpaired) electrons. The fourth-order valence-corrected chi connectivity index (χ4v) is 3.79. The zero-order chi connectivity index (χ0) is 22.1. The first-order chi connectivity index (χ1) is 14.9. The highest BCUT2D eigenvalue weighted by Gasteiger charge is 2.47. The van der Waals surface area contributed by atoms with Crippen LogP contribution in [0.4, 0.5) is 5.69 Å². The van der Waals surface area contributed by atoms with Crippen molar-refractivity contribution in [3.05, 3.63) is 93.7 Å². The topological polar surface area (TPSA) is 79.7 Å². The van der Waals surface area contributed by atoms with Gasteiger partial charge in [0.05, 0.1) is 28.8 Å². The number of amides is 1. The van der Waals surface area contributed by atoms with E-state index in [4.69, 9.17) is 27.9 Å². The first kappa shape index (κ1) is 20.9. The number of aliphatic hydroxyl groups is 1. The molecule has 0 aliphatic carbocycles. The summed E-state index contributed by atoms with van der Waals surface area (Å²) in [5.74, 6) is -1.32. The SMILES string of the molecule is COc1ccc(N2C(=O)C(=O)/C(=C(\O)c3ccc(Cl)c(Cl)c3)C2c2cccnc2)cc1. The quantitative estimate of drug-likeness (QED) is 0.340. The highest BCUT2D eigenvalue weighted by atomic mass is 35.5. The van der Waals surface area contributed by atoms with Gasteiger partial charge in [0.1, 0.15) is 11.5 Å². The van der Waals surface area contributed by atoms with Crippen LogP contribution in [0.2, 0.25) is 10.0 Å². The van der Waals surface area contributed by atoms with Crippen LogP contribution in [-0.4, -0.2) is 28.9 Å². The average molecular weight is 455 g/mol. The molecule has 2 aromatic carbocycles. The van der Waals surface area contributed by atoms with Crippen molar-refractivity contribution in [1.29, 1.82) is 0 Å². The van der Waals surface area contributed by atoms with Gasteiger partial charge in [0.2, 0.25) is 0 Å². The van der Waals surface area contributed by atoms with Crippen molar-refractivity contribution in [1.82, 2.24) is 4.98 Å². The number of pyridine rings is 1. The van der Waals surface area contributed by atoms with E-state index < -0.39 is 17.7 Å². The monoisotopic (exact) mass is 454 g/mol. The highest BCUT2D eigenvalue weighted by Crippen LogP contribution is 2.42. The van der Waals surface area contributed by atoms with Crippen molar-refractivity contribution in [3.8, 4) is 5.75 Å². The van der Waals surface area contributed by atoms with E-state index in [9.17, 15) is 14.7 Å². The molecule has 3 aromatic rings. The standard InChI is InChI=1S/C23H16Cl2N2O4/c1-31-16-7-5-15(6-8-16)27-20(14-3-2-10-26-12-14)19(22(29)23(27)30)21(28)13-4-9-17(24)18(25)11-13/h2-12,20,28H,1H3/b21-19-. The highest BCUT2D eigenvalue weighted by molar-refractivity contribution is 6.51. The van der Waals surface area contributed by atoms with Crippen LogP contribution < -0.4 is 9.64 Å². The number of hydrogen-bond donors (Lipinski definition) is 1. The maximum Gasteiger partial charge on any atom is 0.300 e. The first-order valence-corrected chi connectivity index (χ1v) is 9.98. The molecule has 1 amide bonds. The zero-order valence-corrected chi connectivity index (χ0v) is 17.8. The molecule has 1 aliphatic heterocycles. The number of halogens is 2. The lowest BCUT2D eigenvalue weighted by molar-refractivity contribution is -0.132. The molecule has 1 fully saturated rings. The second kappa shape index (κ2) is 8.41. The summed E-state index contributed by atoms with van der Waals surface area (Å²) in [5.41, 5.74) is 1.26. The fourth-order valence-electron chi connectivity index (χ4n) is 3.49. The molecule has 1 atom stereocenters. The van der Waals surface area contributed by atoms with Crippen molar-refractivity contribution < 1.29 is 19.4 Å². The fraction of sp³-hybridized carbons (Fsp3) is 0.0870. The predicted octanol–water partition coefficient (Wildman–Crippen LogP) is 5.02. The van der Waals surface area contributed by atoms with E-state index >= 15 is 0 Å². The van der Waals surface area contributed by atoms with Gasteiger partial charge < -0.3 is 9.84 Å². The molecular weight excluding hydrogens is 439 g/mol. The van der Waals surface area contributed by atoms with E-state index in [1.165, 1.54) is 30.2 Å². The largest absolute Gasteiger partial charge is 0.507 e. The number of aromatic nitrogens is 1. The van der Waals surface area contributed by atoms with Gasteiger partial charge in [-0.3, -0.25) is 19.5 Å². The molecular formula is C23H16Cl2N2O4. The summed E-state index contributed by atoms with van der Waals surface area (Å²) in [6.07, 6.45) is 3.14. The van der Waals surface area contributed by atoms with Crippen molar-refractivity contribution in [3.63, 3.8) is 0 Å². The van der Waals surface area contributed by atoms with Crippen molar-refractivity contribution in [2.45, 2.75) is 6.04 Å². The smallest absolute Gasteiger partial charge is 0.300 e. The van der Waals surface area contributed by atoms with Gasteiger partial charge in [-0.05, 0) is 54.1 Å². The van der Waals surface area contributed by atoms with E-state index in [1.807, 2.05) is 0 Å². The predicted molar refractivity (Wildman–Crippen MR) is 118 cm³/mol. The molecule has 31 heavy (non-hydrogen) atoms. The molecule has 156 valence electrons. The Morgan fingerprint density at radius 2 is 1.81 bits per heavy atom. The molecule has 1 N–H and O–H groups in total. The number of carbonyl (C=O) groups is 2. The van der Waals surface area contributed by atoms with E-state index in [0.717, 1.165) is 0 Å². The molecule has 0 saturated carbocycles. The van der Waals surface area contributed by atoms with Crippen LogP contribution in [0.5, 0.6) is 5.75 Å². The molecule has 0 spiro atoms. The van der Waals surface area contributed by atoms with Gasteiger partial charge in [0, 0.05) is 23.6 Å². The molecule has 6 nitrogen and oxygen atoms in total. The normalized spacial score (nSPS) is 17.8. The summed E-state index contributed by atoms with van der Waals surface area (Å²) >= 11 is 12.1. The van der Waals surface area contributed by atoms with Crippen molar-refractivity contribution in [2.24, 2.45) is 0 Å². The second-order valence-electron chi connectivity index (χ2n) is 6.78. The molecule has 1 aromatic heterocycles. The van der Waals surface area contributed by atoms with Gasteiger partial charge in [-0.25, -0.2) is 0 Å². The third-order valence-corrected chi connectivity index (χ3v) is 5.73. The van der Waals surface area contributed by atoms with Crippen LogP contribution in [0.25, 0.3) is 5.76 Å². The number of carbonyl (C=O) groups excluding carboxylic acids is 2. The Kier molecular flexibility index (Phi) is 5.67. The van der Waals surface area contributed by atoms with Crippen LogP contribution in [-0.2, 0) is 9.59 Å². The Morgan fingerprint density at radius 3 is 2.42 bits per heavy atom. The summed E-state index contributed by atoms with van der Waals surface area (Å²) in [6, 6.07) is 13.8. The number of aliphatic hydroxyl groups excluding tert-OH is 1. The number of benzene rings is 2. The minimum atomic E-state index is -0.878. The van der Waals surface area contributed by atoms with Gasteiger partial charge in [-0.15, -0.1) is 0 Å². The van der Waals surface area contributed by atoms with Gasteiger partial charge in [-0.1, -0.05) is 29.3 Å². The maximum absolute atomic E-state index is 13.0. The number of ether oxygens (including phenoxy) is 1. The number of ketones is 1. The van der Waals surface area contributed by atoms with E-state index in [2.05, 4.69) is 4.98 Å². The molecule has 1 aliphatic rings. The molecule has 1 saturated heterocycles. The van der Waals surface area contributed by atoms with E-state index in [0.29, 0.717) is 22.0 Å². The number of methoxy groups -OCH3 is 1. The number of hydrogen-bond acceptors (Lipinski definition) is 5. The lowest BCUT2D eigenvalue weighted by Gasteiger charge is -2.25. The zero-order valence-electron chi connectivity index (χ0n) is 16.3. The van der Waals surface area contributed by atoms with Gasteiger partial charge in [-0.2, -0.15) is 0 Å². The van der Waals surface area contributed by atoms with E-state index in [1.54, 1.807) is 48.8 Å². The Labute approximate surface area is 188 Å². The first-order valence-electron chi connectivity index (χ1n) is 9.22. The Bertz CT molecular complexity index is 1190. The Morgan fingerprint density at radius 1 is 1.06 bits per heavy atom. The molecule has 8 heteroatoms. The Hall–Kier alpha value is -3.35. The molecule has 1 unspecified atom stereocenters. The van der Waals surface area contributed by atoms with Crippen molar-refractivity contribution in [2.75, 3.05) is 12.0 Å². The minimum Gasteiger partial charge on any atom is -0.507 e. The van der Waals surface area contributed by atoms with Crippen LogP contribution >= 0.6 is 23.2 Å². The number of nitrogens with zero attached hydrogens (tertiary/aromatic N) is 2. The van der Waals surface area contributed by atoms with Crippen LogP contribution in [0.15, 0.2) is 72.6 Å². The number of Topliss-reactive ketones (excluding diaryl/α,β-unsaturated/α-hetero) is 1. The average Bonchev–Trinajstić information content (AvgIpc) is 3.06. The molecule has 4 rings (SSSR count). The Balaban J connectivity index is 1.92. The number of rotatable bonds is 4. The van der Waals surface area contributed by atoms with Gasteiger partial charge in [0.15, 0.2) is 0 Å². The third kappa shape index (κ3) is 3.76. The minimum absolute atomic E-state index is 0.0628. The van der Waals surface area contributed by atoms with Crippen LogP contribution in [0.1, 0.15) is 17.2 Å². The maximum atomic E-state index is 13.0. The summed E-state index contributed by atoms with van der Waals surface area (Å²) in [4.78, 5) is 31.5. The second-order valence-corrected chi connectivity index (χ2v) is 7.60. The third-order valence-electron chi connectivity index (χ3n) is 4.99. The lowest BCUT2D eigenvalue weighted by atomic mass is 9.96. The van der Waals surface area contributed by atoms with E-state index in [-0.39, 0.29) is 21.9 Å². The summed E-state index contributed by atoms with van der Waals surface area (Å²) < 4.78 is 5.18. The molecule has 2 heterocycles.